The van der Waals surface area contributed by atoms with Gasteiger partial charge in [0, 0.05) is 16.5 Å². The molecule has 144 valence electrons. The van der Waals surface area contributed by atoms with E-state index in [0.29, 0.717) is 0 Å². The van der Waals surface area contributed by atoms with E-state index >= 15 is 0 Å². The number of fused-ring (bicyclic) bond motifs is 2. The lowest BCUT2D eigenvalue weighted by atomic mass is 9.96. The monoisotopic (exact) mass is 381 g/mol. The van der Waals surface area contributed by atoms with Crippen LogP contribution in [-0.4, -0.2) is 15.0 Å². The van der Waals surface area contributed by atoms with Gasteiger partial charge in [-0.05, 0) is 56.2 Å². The average Bonchev–Trinajstić information content (AvgIpc) is 3.11. The second kappa shape index (κ2) is 7.76. The van der Waals surface area contributed by atoms with Crippen molar-refractivity contribution in [1.29, 1.82) is 0 Å². The average molecular weight is 381 g/mol. The summed E-state index contributed by atoms with van der Waals surface area (Å²) in [4.78, 5) is 22.4. The predicted octanol–water partition coefficient (Wildman–Crippen LogP) is 5.68. The molecule has 2 heterocycles. The molecule has 0 bridgehead atoms. The van der Waals surface area contributed by atoms with Gasteiger partial charge < -0.3 is 9.97 Å². The molecular weight excluding hydrogens is 358 g/mol. The van der Waals surface area contributed by atoms with E-state index in [1.54, 1.807) is 0 Å². The maximum Gasteiger partial charge on any atom is 0.251 e. The number of imidazole rings is 1. The highest BCUT2D eigenvalue weighted by Gasteiger charge is 2.10. The van der Waals surface area contributed by atoms with Gasteiger partial charge in [0.25, 0.3) is 5.56 Å². The highest BCUT2D eigenvalue weighted by Crippen LogP contribution is 2.29. The molecule has 0 spiro atoms. The Morgan fingerprint density at radius 3 is 2.24 bits per heavy atom. The first-order chi connectivity index (χ1) is 14.0. The Balaban J connectivity index is 0.000000171. The summed E-state index contributed by atoms with van der Waals surface area (Å²) < 4.78 is 0. The Hall–Kier alpha value is -3.66. The summed E-state index contributed by atoms with van der Waals surface area (Å²) in [5, 5.41) is 1.10. The minimum Gasteiger partial charge on any atom is -0.342 e. The Morgan fingerprint density at radius 1 is 0.759 bits per heavy atom. The Bertz CT molecular complexity index is 1310. The molecule has 2 aromatic heterocycles. The maximum atomic E-state index is 12.1. The number of para-hydroxylation sites is 2. The molecule has 0 saturated heterocycles. The van der Waals surface area contributed by atoms with Gasteiger partial charge in [-0.1, -0.05) is 54.1 Å². The molecule has 4 nitrogen and oxygen atoms in total. The summed E-state index contributed by atoms with van der Waals surface area (Å²) in [6.07, 6.45) is 0. The van der Waals surface area contributed by atoms with E-state index in [9.17, 15) is 4.79 Å². The molecule has 2 N–H and O–H groups in total. The van der Waals surface area contributed by atoms with E-state index in [1.807, 2.05) is 80.6 Å². The number of benzene rings is 3. The smallest absolute Gasteiger partial charge is 0.251 e. The summed E-state index contributed by atoms with van der Waals surface area (Å²) in [5.74, 6) is 0.973. The molecule has 0 fully saturated rings. The van der Waals surface area contributed by atoms with E-state index in [4.69, 9.17) is 0 Å². The third-order valence-corrected chi connectivity index (χ3v) is 4.98. The molecule has 0 aliphatic carbocycles. The second-order valence-corrected chi connectivity index (χ2v) is 7.21. The van der Waals surface area contributed by atoms with Crippen LogP contribution in [0.1, 0.15) is 17.0 Å². The molecule has 0 atom stereocenters. The van der Waals surface area contributed by atoms with Crippen LogP contribution in [0.5, 0.6) is 0 Å². The van der Waals surface area contributed by atoms with Crippen LogP contribution in [0.3, 0.4) is 0 Å². The quantitative estimate of drug-likeness (QED) is 0.392. The molecule has 0 unspecified atom stereocenters. The van der Waals surface area contributed by atoms with E-state index in [0.717, 1.165) is 44.5 Å². The van der Waals surface area contributed by atoms with E-state index in [2.05, 4.69) is 27.9 Å². The van der Waals surface area contributed by atoms with Crippen molar-refractivity contribution >= 4 is 21.9 Å². The summed E-state index contributed by atoms with van der Waals surface area (Å²) in [7, 11) is 0. The fourth-order valence-corrected chi connectivity index (χ4v) is 3.56. The van der Waals surface area contributed by atoms with Crippen LogP contribution in [0.25, 0.3) is 33.1 Å². The second-order valence-electron chi connectivity index (χ2n) is 7.21. The van der Waals surface area contributed by atoms with Gasteiger partial charge >= 0.3 is 0 Å². The van der Waals surface area contributed by atoms with Crippen LogP contribution in [-0.2, 0) is 0 Å². The third kappa shape index (κ3) is 3.83. The van der Waals surface area contributed by atoms with Crippen molar-refractivity contribution in [2.75, 3.05) is 0 Å². The molecule has 5 rings (SSSR count). The zero-order chi connectivity index (χ0) is 20.4. The van der Waals surface area contributed by atoms with Gasteiger partial charge in [0.2, 0.25) is 0 Å². The first kappa shape index (κ1) is 18.7. The van der Waals surface area contributed by atoms with Gasteiger partial charge in [0.1, 0.15) is 5.82 Å². The number of hydrogen-bond acceptors (Lipinski definition) is 2. The topological polar surface area (TPSA) is 61.5 Å². The number of hydrogen-bond donors (Lipinski definition) is 2. The van der Waals surface area contributed by atoms with Crippen molar-refractivity contribution in [3.05, 3.63) is 100 Å². The summed E-state index contributed by atoms with van der Waals surface area (Å²) >= 11 is 0. The minimum absolute atomic E-state index is 0.0183. The normalized spacial score (nSPS) is 10.7. The van der Waals surface area contributed by atoms with Gasteiger partial charge in [0.15, 0.2) is 0 Å². The third-order valence-electron chi connectivity index (χ3n) is 4.98. The van der Waals surface area contributed by atoms with Gasteiger partial charge in [0.05, 0.1) is 11.0 Å². The lowest BCUT2D eigenvalue weighted by molar-refractivity contribution is 1.17. The predicted molar refractivity (Wildman–Crippen MR) is 120 cm³/mol. The Kier molecular flexibility index (Phi) is 5.00. The van der Waals surface area contributed by atoms with Crippen molar-refractivity contribution < 1.29 is 0 Å². The number of nitrogens with one attached hydrogen (secondary N) is 2. The van der Waals surface area contributed by atoms with E-state index in [-0.39, 0.29) is 5.56 Å². The number of aryl methyl sites for hydroxylation is 2. The van der Waals surface area contributed by atoms with Gasteiger partial charge in [-0.25, -0.2) is 4.98 Å². The fraction of sp³-hybridized carbons (Fsp3) is 0.120. The number of aromatic nitrogens is 3. The molecule has 0 aliphatic heterocycles. The van der Waals surface area contributed by atoms with Gasteiger partial charge in [-0.2, -0.15) is 0 Å². The molecule has 4 heteroatoms. The van der Waals surface area contributed by atoms with Crippen molar-refractivity contribution in [3.8, 4) is 11.1 Å². The lowest BCUT2D eigenvalue weighted by Crippen LogP contribution is -2.11. The SMILES string of the molecule is Cc1ccc2[nH]c(=O)c(C)c(-c3ccccc3)c2c1.Cc1nc2ccccc2[nH]1. The standard InChI is InChI=1S/C17H15NO.C8H8N2/c1-11-8-9-15-14(10-11)16(12(2)17(19)18-15)13-6-4-3-5-7-13;1-6-9-7-4-2-3-5-8(7)10-6/h3-10H,1-2H3,(H,18,19);2-5H,1H3,(H,9,10). The maximum absolute atomic E-state index is 12.1. The van der Waals surface area contributed by atoms with Crippen LogP contribution >= 0.6 is 0 Å². The van der Waals surface area contributed by atoms with Crippen molar-refractivity contribution in [2.45, 2.75) is 20.8 Å². The van der Waals surface area contributed by atoms with Crippen LogP contribution in [0, 0.1) is 20.8 Å². The van der Waals surface area contributed by atoms with Gasteiger partial charge in [-0.15, -0.1) is 0 Å². The number of nitrogens with zero attached hydrogens (tertiary/aromatic N) is 1. The number of pyridine rings is 1. The number of H-pyrrole nitrogens is 2. The van der Waals surface area contributed by atoms with Crippen LogP contribution in [0.15, 0.2) is 77.6 Å². The molecule has 29 heavy (non-hydrogen) atoms. The first-order valence-electron chi connectivity index (χ1n) is 9.63. The molecule has 0 amide bonds. The molecule has 0 saturated carbocycles. The summed E-state index contributed by atoms with van der Waals surface area (Å²) in [6.45, 7) is 5.90. The van der Waals surface area contributed by atoms with Crippen LogP contribution in [0.4, 0.5) is 0 Å². The zero-order valence-corrected chi connectivity index (χ0v) is 16.8. The van der Waals surface area contributed by atoms with Crippen molar-refractivity contribution in [2.24, 2.45) is 0 Å². The van der Waals surface area contributed by atoms with Gasteiger partial charge in [-0.3, -0.25) is 4.79 Å². The molecule has 0 radical (unpaired) electrons. The van der Waals surface area contributed by atoms with Crippen LogP contribution in [0.2, 0.25) is 0 Å². The highest BCUT2D eigenvalue weighted by atomic mass is 16.1. The van der Waals surface area contributed by atoms with Crippen LogP contribution < -0.4 is 5.56 Å². The van der Waals surface area contributed by atoms with E-state index < -0.39 is 0 Å². The molecule has 0 aliphatic rings. The number of aromatic amines is 2. The molecular formula is C25H23N3O. The summed E-state index contributed by atoms with van der Waals surface area (Å²) in [5.41, 5.74) is 7.10. The lowest BCUT2D eigenvalue weighted by Gasteiger charge is -2.10. The zero-order valence-electron chi connectivity index (χ0n) is 16.8. The minimum atomic E-state index is -0.0183. The van der Waals surface area contributed by atoms with E-state index in [1.165, 1.54) is 5.56 Å². The largest absolute Gasteiger partial charge is 0.342 e. The Morgan fingerprint density at radius 2 is 1.48 bits per heavy atom. The van der Waals surface area contributed by atoms with Crippen molar-refractivity contribution in [3.63, 3.8) is 0 Å². The first-order valence-corrected chi connectivity index (χ1v) is 9.63. The highest BCUT2D eigenvalue weighted by molar-refractivity contribution is 5.96. The molecule has 3 aromatic carbocycles. The molecule has 5 aromatic rings. The summed E-state index contributed by atoms with van der Waals surface area (Å²) in [6, 6.07) is 24.2. The van der Waals surface area contributed by atoms with Crippen molar-refractivity contribution in [1.82, 2.24) is 15.0 Å². The Labute approximate surface area is 169 Å². The fourth-order valence-electron chi connectivity index (χ4n) is 3.56. The number of rotatable bonds is 1.